The maximum Gasteiger partial charge on any atom is 0.123 e. The second-order valence-corrected chi connectivity index (χ2v) is 5.53. The van der Waals surface area contributed by atoms with Crippen molar-refractivity contribution >= 4 is 23.2 Å². The summed E-state index contributed by atoms with van der Waals surface area (Å²) >= 11 is 12.1. The second kappa shape index (κ2) is 6.93. The summed E-state index contributed by atoms with van der Waals surface area (Å²) < 4.78 is 5.83. The Bertz CT molecular complexity index is 588. The Morgan fingerprint density at radius 3 is 2.75 bits per heavy atom. The molecule has 0 amide bonds. The van der Waals surface area contributed by atoms with Crippen molar-refractivity contribution in [2.75, 3.05) is 0 Å². The highest BCUT2D eigenvalue weighted by Gasteiger charge is 2.08. The number of hydrogen-bond donors (Lipinski definition) is 1. The number of pyridine rings is 1. The van der Waals surface area contributed by atoms with Crippen molar-refractivity contribution in [3.05, 3.63) is 57.8 Å². The monoisotopic (exact) mass is 310 g/mol. The van der Waals surface area contributed by atoms with Gasteiger partial charge >= 0.3 is 0 Å². The molecule has 0 aliphatic heterocycles. The minimum Gasteiger partial charge on any atom is -0.489 e. The Labute approximate surface area is 128 Å². The quantitative estimate of drug-likeness (QED) is 0.912. The van der Waals surface area contributed by atoms with Gasteiger partial charge in [0.25, 0.3) is 0 Å². The van der Waals surface area contributed by atoms with Crippen LogP contribution in [0.3, 0.4) is 0 Å². The fourth-order valence-electron chi connectivity index (χ4n) is 1.87. The molecule has 1 unspecified atom stereocenters. The average molecular weight is 311 g/mol. The van der Waals surface area contributed by atoms with E-state index < -0.39 is 0 Å². The van der Waals surface area contributed by atoms with Gasteiger partial charge in [0, 0.05) is 29.0 Å². The summed E-state index contributed by atoms with van der Waals surface area (Å²) in [5, 5.41) is 1.27. The number of ether oxygens (including phenoxy) is 1. The van der Waals surface area contributed by atoms with Crippen molar-refractivity contribution in [3.8, 4) is 5.75 Å². The molecule has 3 nitrogen and oxygen atoms in total. The molecule has 1 atom stereocenters. The number of rotatable bonds is 5. The smallest absolute Gasteiger partial charge is 0.123 e. The number of nitrogens with zero attached hydrogens (tertiary/aromatic N) is 1. The molecule has 2 aromatic rings. The zero-order valence-electron chi connectivity index (χ0n) is 11.1. The SMILES string of the molecule is CC(N)Cc1cc(Cl)ccc1OCc1ccncc1Cl. The van der Waals surface area contributed by atoms with E-state index in [0.29, 0.717) is 23.1 Å². The third-order valence-electron chi connectivity index (χ3n) is 2.80. The first-order valence-corrected chi connectivity index (χ1v) is 7.07. The number of benzene rings is 1. The van der Waals surface area contributed by atoms with Crippen molar-refractivity contribution in [2.45, 2.75) is 26.0 Å². The van der Waals surface area contributed by atoms with Gasteiger partial charge in [-0.15, -0.1) is 0 Å². The van der Waals surface area contributed by atoms with E-state index in [1.54, 1.807) is 18.5 Å². The molecular weight excluding hydrogens is 295 g/mol. The fourth-order valence-corrected chi connectivity index (χ4v) is 2.24. The molecule has 1 aromatic carbocycles. The highest BCUT2D eigenvalue weighted by atomic mass is 35.5. The molecule has 1 aromatic heterocycles. The maximum atomic E-state index is 6.06. The minimum atomic E-state index is 0.0420. The normalized spacial score (nSPS) is 12.2. The molecule has 2 rings (SSSR count). The van der Waals surface area contributed by atoms with Gasteiger partial charge in [0.15, 0.2) is 0 Å². The molecule has 0 bridgehead atoms. The molecule has 106 valence electrons. The summed E-state index contributed by atoms with van der Waals surface area (Å²) in [4.78, 5) is 3.95. The molecule has 0 saturated heterocycles. The summed E-state index contributed by atoms with van der Waals surface area (Å²) in [6, 6.07) is 7.42. The Kier molecular flexibility index (Phi) is 5.24. The van der Waals surface area contributed by atoms with Crippen molar-refractivity contribution in [3.63, 3.8) is 0 Å². The van der Waals surface area contributed by atoms with Gasteiger partial charge in [-0.2, -0.15) is 0 Å². The average Bonchev–Trinajstić information content (AvgIpc) is 2.39. The molecular formula is C15H16Cl2N2O. The van der Waals surface area contributed by atoms with Crippen molar-refractivity contribution in [1.82, 2.24) is 4.98 Å². The maximum absolute atomic E-state index is 6.06. The van der Waals surface area contributed by atoms with Crippen LogP contribution in [-0.4, -0.2) is 11.0 Å². The third-order valence-corrected chi connectivity index (χ3v) is 3.38. The van der Waals surface area contributed by atoms with Crippen LogP contribution in [0, 0.1) is 0 Å². The lowest BCUT2D eigenvalue weighted by Gasteiger charge is -2.14. The van der Waals surface area contributed by atoms with Gasteiger partial charge < -0.3 is 10.5 Å². The van der Waals surface area contributed by atoms with Gasteiger partial charge in [-0.05, 0) is 43.2 Å². The van der Waals surface area contributed by atoms with Gasteiger partial charge in [0.1, 0.15) is 12.4 Å². The molecule has 0 fully saturated rings. The van der Waals surface area contributed by atoms with Crippen LogP contribution in [0.4, 0.5) is 0 Å². The first-order chi connectivity index (χ1) is 9.56. The van der Waals surface area contributed by atoms with Crippen LogP contribution in [0.15, 0.2) is 36.7 Å². The topological polar surface area (TPSA) is 48.1 Å². The van der Waals surface area contributed by atoms with Crippen LogP contribution in [0.5, 0.6) is 5.75 Å². The van der Waals surface area contributed by atoms with E-state index in [1.807, 2.05) is 25.1 Å². The number of hydrogen-bond acceptors (Lipinski definition) is 3. The molecule has 0 spiro atoms. The van der Waals surface area contributed by atoms with Crippen LogP contribution in [0.2, 0.25) is 10.0 Å². The first-order valence-electron chi connectivity index (χ1n) is 6.31. The Morgan fingerprint density at radius 2 is 2.05 bits per heavy atom. The van der Waals surface area contributed by atoms with Crippen LogP contribution >= 0.6 is 23.2 Å². The van der Waals surface area contributed by atoms with Gasteiger partial charge in [-0.1, -0.05) is 23.2 Å². The lowest BCUT2D eigenvalue weighted by atomic mass is 10.1. The largest absolute Gasteiger partial charge is 0.489 e. The number of nitrogens with two attached hydrogens (primary N) is 1. The van der Waals surface area contributed by atoms with Crippen LogP contribution < -0.4 is 10.5 Å². The number of halogens is 2. The van der Waals surface area contributed by atoms with E-state index in [0.717, 1.165) is 16.9 Å². The molecule has 0 radical (unpaired) electrons. The zero-order chi connectivity index (χ0) is 14.5. The van der Waals surface area contributed by atoms with E-state index in [4.69, 9.17) is 33.7 Å². The molecule has 2 N–H and O–H groups in total. The second-order valence-electron chi connectivity index (χ2n) is 4.69. The van der Waals surface area contributed by atoms with Crippen LogP contribution in [0.25, 0.3) is 0 Å². The minimum absolute atomic E-state index is 0.0420. The first kappa shape index (κ1) is 15.1. The fraction of sp³-hybridized carbons (Fsp3) is 0.267. The summed E-state index contributed by atoms with van der Waals surface area (Å²) in [5.41, 5.74) is 7.74. The van der Waals surface area contributed by atoms with Gasteiger partial charge in [0.05, 0.1) is 5.02 Å². The zero-order valence-corrected chi connectivity index (χ0v) is 12.7. The predicted octanol–water partition coefficient (Wildman–Crippen LogP) is 3.86. The van der Waals surface area contributed by atoms with E-state index >= 15 is 0 Å². The summed E-state index contributed by atoms with van der Waals surface area (Å²) in [6.45, 7) is 2.33. The molecule has 5 heteroatoms. The predicted molar refractivity (Wildman–Crippen MR) is 82.4 cm³/mol. The highest BCUT2D eigenvalue weighted by molar-refractivity contribution is 6.31. The Morgan fingerprint density at radius 1 is 1.25 bits per heavy atom. The standard InChI is InChI=1S/C15H16Cl2N2O/c1-10(18)6-12-7-13(16)2-3-15(12)20-9-11-4-5-19-8-14(11)17/h2-5,7-8,10H,6,9,18H2,1H3. The van der Waals surface area contributed by atoms with Crippen molar-refractivity contribution < 1.29 is 4.74 Å². The lowest BCUT2D eigenvalue weighted by Crippen LogP contribution is -2.18. The molecule has 1 heterocycles. The van der Waals surface area contributed by atoms with Gasteiger partial charge in [0.2, 0.25) is 0 Å². The third kappa shape index (κ3) is 4.10. The van der Waals surface area contributed by atoms with Crippen molar-refractivity contribution in [2.24, 2.45) is 5.73 Å². The van der Waals surface area contributed by atoms with E-state index in [1.165, 1.54) is 0 Å². The molecule has 0 aliphatic carbocycles. The molecule has 20 heavy (non-hydrogen) atoms. The highest BCUT2D eigenvalue weighted by Crippen LogP contribution is 2.25. The van der Waals surface area contributed by atoms with Crippen LogP contribution in [0.1, 0.15) is 18.1 Å². The van der Waals surface area contributed by atoms with Gasteiger partial charge in [-0.3, -0.25) is 4.98 Å². The van der Waals surface area contributed by atoms with E-state index in [-0.39, 0.29) is 6.04 Å². The van der Waals surface area contributed by atoms with E-state index in [2.05, 4.69) is 4.98 Å². The summed E-state index contributed by atoms with van der Waals surface area (Å²) in [5.74, 6) is 0.777. The Balaban J connectivity index is 2.15. The summed E-state index contributed by atoms with van der Waals surface area (Å²) in [7, 11) is 0. The van der Waals surface area contributed by atoms with Gasteiger partial charge in [-0.25, -0.2) is 0 Å². The number of aromatic nitrogens is 1. The lowest BCUT2D eigenvalue weighted by molar-refractivity contribution is 0.302. The Hall–Kier alpha value is -1.29. The molecule has 0 aliphatic rings. The van der Waals surface area contributed by atoms with Crippen LogP contribution in [-0.2, 0) is 13.0 Å². The molecule has 0 saturated carbocycles. The van der Waals surface area contributed by atoms with E-state index in [9.17, 15) is 0 Å². The summed E-state index contributed by atoms with van der Waals surface area (Å²) in [6.07, 6.45) is 4.00. The van der Waals surface area contributed by atoms with Crippen molar-refractivity contribution in [1.29, 1.82) is 0 Å².